The van der Waals surface area contributed by atoms with Crippen molar-refractivity contribution in [3.63, 3.8) is 0 Å². The summed E-state index contributed by atoms with van der Waals surface area (Å²) >= 11 is 0. The van der Waals surface area contributed by atoms with E-state index in [4.69, 9.17) is 0 Å². The molecule has 8 heteroatoms. The lowest BCUT2D eigenvalue weighted by molar-refractivity contribution is 0.292. The van der Waals surface area contributed by atoms with Gasteiger partial charge in [-0.1, -0.05) is 4.89 Å². The van der Waals surface area contributed by atoms with E-state index in [1.165, 1.54) is 4.89 Å². The highest BCUT2D eigenvalue weighted by Crippen LogP contribution is 1.60. The molecular formula is H3NO5S2. The third-order valence-electron chi connectivity index (χ3n) is 0.190. The summed E-state index contributed by atoms with van der Waals surface area (Å²) in [6.45, 7) is 0. The first kappa shape index (κ1) is 7.82. The number of hydrogen-bond donors (Lipinski definition) is 3. The minimum Gasteiger partial charge on any atom is -0.213 e. The molecule has 0 rings (SSSR count). The molecule has 6 nitrogen and oxygen atoms in total. The van der Waals surface area contributed by atoms with E-state index in [0.29, 0.717) is 0 Å². The average molecular weight is 161 g/mol. The summed E-state index contributed by atoms with van der Waals surface area (Å²) in [4.78, 5) is 1.20. The zero-order valence-electron chi connectivity index (χ0n) is 3.44. The van der Waals surface area contributed by atoms with Gasteiger partial charge in [0.1, 0.15) is 0 Å². The van der Waals surface area contributed by atoms with Gasteiger partial charge in [0.2, 0.25) is 10.9 Å². The number of rotatable bonds is 3. The predicted molar refractivity (Wildman–Crippen MR) is 24.9 cm³/mol. The van der Waals surface area contributed by atoms with Crippen LogP contribution in [0.2, 0.25) is 0 Å². The van der Waals surface area contributed by atoms with Gasteiger partial charge in [-0.2, -0.15) is 4.28 Å². The van der Waals surface area contributed by atoms with E-state index in [0.717, 1.165) is 0 Å². The molecule has 0 saturated heterocycles. The quantitative estimate of drug-likeness (QED) is 0.316. The van der Waals surface area contributed by atoms with Crippen molar-refractivity contribution in [3.8, 4) is 0 Å². The van der Waals surface area contributed by atoms with E-state index < -0.39 is 21.9 Å². The van der Waals surface area contributed by atoms with Crippen LogP contribution in [0.4, 0.5) is 0 Å². The molecule has 0 saturated carbocycles. The number of hydrogen-bond acceptors (Lipinski definition) is 5. The smallest absolute Gasteiger partial charge is 0.213 e. The van der Waals surface area contributed by atoms with E-state index >= 15 is 0 Å². The molecule has 0 aliphatic heterocycles. The second kappa shape index (κ2) is 3.78. The van der Waals surface area contributed by atoms with Gasteiger partial charge in [-0.25, -0.2) is 16.8 Å². The Bertz CT molecular complexity index is 149. The summed E-state index contributed by atoms with van der Waals surface area (Å²) in [5, 5.41) is 0. The summed E-state index contributed by atoms with van der Waals surface area (Å²) in [7, 11) is -6.12. The van der Waals surface area contributed by atoms with Crippen molar-refractivity contribution in [3.05, 3.63) is 0 Å². The zero-order valence-corrected chi connectivity index (χ0v) is 5.22. The van der Waals surface area contributed by atoms with Crippen LogP contribution in [0.25, 0.3) is 0 Å². The van der Waals surface area contributed by atoms with Crippen molar-refractivity contribution in [2.45, 2.75) is 0 Å². The normalized spacial score (nSPS) is 10.8. The standard InChI is InChI=1S/H3NO5S2/c2-7(3)1-6-8(4)5/h7-8H,(H,1,2,3). The van der Waals surface area contributed by atoms with Crippen LogP contribution >= 0.6 is 0 Å². The Balaban J connectivity index is 3.48. The van der Waals surface area contributed by atoms with Gasteiger partial charge in [-0.05, 0) is 0 Å². The van der Waals surface area contributed by atoms with E-state index in [1.807, 2.05) is 0 Å². The maximum Gasteiger partial charge on any atom is 0.274 e. The maximum absolute atomic E-state index is 9.44. The number of nitrogens with one attached hydrogen (secondary N) is 1. The van der Waals surface area contributed by atoms with Crippen molar-refractivity contribution in [2.24, 2.45) is 0 Å². The Morgan fingerprint density at radius 2 is 1.62 bits per heavy atom. The van der Waals surface area contributed by atoms with Crippen LogP contribution in [0.15, 0.2) is 0 Å². The van der Waals surface area contributed by atoms with E-state index in [1.54, 1.807) is 0 Å². The summed E-state index contributed by atoms with van der Waals surface area (Å²) in [6.07, 6.45) is 0. The van der Waals surface area contributed by atoms with Gasteiger partial charge in [0.25, 0.3) is 11.0 Å². The maximum atomic E-state index is 9.44. The molecule has 0 aromatic carbocycles. The van der Waals surface area contributed by atoms with Crippen LogP contribution < -0.4 is 4.89 Å². The van der Waals surface area contributed by atoms with Crippen LogP contribution in [0.1, 0.15) is 0 Å². The molecule has 1 N–H and O–H groups in total. The summed E-state index contributed by atoms with van der Waals surface area (Å²) in [5.74, 6) is 0. The van der Waals surface area contributed by atoms with Crippen LogP contribution in [-0.2, 0) is 26.2 Å². The molecule has 0 bridgehead atoms. The van der Waals surface area contributed by atoms with Crippen LogP contribution in [-0.4, -0.2) is 16.8 Å². The Morgan fingerprint density at radius 3 is 1.75 bits per heavy atom. The molecule has 8 heavy (non-hydrogen) atoms. The molecule has 0 amide bonds. The van der Waals surface area contributed by atoms with Crippen LogP contribution in [0, 0.1) is 0 Å². The second-order valence-electron chi connectivity index (χ2n) is 0.663. The Morgan fingerprint density at radius 1 is 1.12 bits per heavy atom. The molecule has 0 aliphatic rings. The SMILES string of the molecule is O=[SH](=O)NO[SH](=O)=O. The van der Waals surface area contributed by atoms with E-state index in [9.17, 15) is 16.8 Å². The molecule has 0 spiro atoms. The molecule has 0 heterocycles. The summed E-state index contributed by atoms with van der Waals surface area (Å²) in [6, 6.07) is 0. The summed E-state index contributed by atoms with van der Waals surface area (Å²) in [5.41, 5.74) is 0. The van der Waals surface area contributed by atoms with Crippen molar-refractivity contribution in [1.82, 2.24) is 4.89 Å². The lowest BCUT2D eigenvalue weighted by Crippen LogP contribution is -2.09. The molecule has 50 valence electrons. The van der Waals surface area contributed by atoms with Crippen molar-refractivity contribution < 1.29 is 21.1 Å². The zero-order chi connectivity index (χ0) is 6.57. The fourth-order valence-electron chi connectivity index (χ4n) is 0.0667. The van der Waals surface area contributed by atoms with Crippen molar-refractivity contribution in [1.29, 1.82) is 0 Å². The van der Waals surface area contributed by atoms with Gasteiger partial charge in [0.05, 0.1) is 0 Å². The Kier molecular flexibility index (Phi) is 3.69. The molecule has 0 aromatic rings. The van der Waals surface area contributed by atoms with Crippen LogP contribution in [0.5, 0.6) is 0 Å². The molecule has 0 atom stereocenters. The van der Waals surface area contributed by atoms with Gasteiger partial charge in [0, 0.05) is 0 Å². The first-order valence-corrected chi connectivity index (χ1v) is 3.61. The van der Waals surface area contributed by atoms with Gasteiger partial charge in [-0.3, -0.25) is 0 Å². The first-order valence-electron chi connectivity index (χ1n) is 1.34. The number of thiol groups is 2. The summed E-state index contributed by atoms with van der Waals surface area (Å²) < 4.78 is 41.1. The second-order valence-corrected chi connectivity index (χ2v) is 1.99. The third-order valence-corrected chi connectivity index (χ3v) is 0.815. The van der Waals surface area contributed by atoms with Crippen LogP contribution in [0.3, 0.4) is 0 Å². The molecule has 0 fully saturated rings. The van der Waals surface area contributed by atoms with Crippen molar-refractivity contribution >= 4 is 21.9 Å². The average Bonchev–Trinajstić information content (AvgIpc) is 1.61. The van der Waals surface area contributed by atoms with Gasteiger partial charge < -0.3 is 0 Å². The van der Waals surface area contributed by atoms with Gasteiger partial charge in [-0.15, -0.1) is 0 Å². The van der Waals surface area contributed by atoms with Gasteiger partial charge >= 0.3 is 0 Å². The van der Waals surface area contributed by atoms with E-state index in [-0.39, 0.29) is 0 Å². The lowest BCUT2D eigenvalue weighted by Gasteiger charge is -1.82. The van der Waals surface area contributed by atoms with Gasteiger partial charge in [0.15, 0.2) is 0 Å². The molecule has 0 aromatic heterocycles. The third kappa shape index (κ3) is 5.82. The topological polar surface area (TPSA) is 89.5 Å². The fourth-order valence-corrected chi connectivity index (χ4v) is 0.600. The molecular weight excluding hydrogens is 158 g/mol. The fraction of sp³-hybridized carbons (Fsp3) is 0. The highest BCUT2D eigenvalue weighted by molar-refractivity contribution is 7.71. The Labute approximate surface area is 48.7 Å². The Hall–Kier alpha value is -0.180. The first-order chi connectivity index (χ1) is 3.63. The largest absolute Gasteiger partial charge is 0.274 e. The highest BCUT2D eigenvalue weighted by Gasteiger charge is 1.82. The highest BCUT2D eigenvalue weighted by atomic mass is 32.2. The van der Waals surface area contributed by atoms with Crippen molar-refractivity contribution in [2.75, 3.05) is 0 Å². The minimum atomic E-state index is -3.13. The lowest BCUT2D eigenvalue weighted by atomic mass is 13.5. The predicted octanol–water partition coefficient (Wildman–Crippen LogP) is -2.44. The monoisotopic (exact) mass is 161 g/mol. The molecule has 0 radical (unpaired) electrons. The van der Waals surface area contributed by atoms with E-state index in [2.05, 4.69) is 4.28 Å². The molecule has 0 unspecified atom stereocenters. The molecule has 0 aliphatic carbocycles. The minimum absolute atomic E-state index is 1.20.